The Hall–Kier alpha value is -1.88. The molecule has 2 aliphatic heterocycles. The topological polar surface area (TPSA) is 50.8 Å². The van der Waals surface area contributed by atoms with Crippen LogP contribution in [0.3, 0.4) is 0 Å². The lowest BCUT2D eigenvalue weighted by Crippen LogP contribution is -2.64. The van der Waals surface area contributed by atoms with E-state index in [0.717, 1.165) is 5.56 Å². The first-order valence-electron chi connectivity index (χ1n) is 6.74. The summed E-state index contributed by atoms with van der Waals surface area (Å²) < 4.78 is 11.5. The molecule has 112 valence electrons. The molecule has 0 aliphatic carbocycles. The third-order valence-electron chi connectivity index (χ3n) is 3.97. The van der Waals surface area contributed by atoms with Crippen LogP contribution in [-0.2, 0) is 0 Å². The summed E-state index contributed by atoms with van der Waals surface area (Å²) in [5, 5.41) is 3.54. The van der Waals surface area contributed by atoms with E-state index in [-0.39, 0.29) is 12.1 Å². The lowest BCUT2D eigenvalue weighted by molar-refractivity contribution is -0.0801. The van der Waals surface area contributed by atoms with Crippen LogP contribution in [0.4, 0.5) is 4.79 Å². The van der Waals surface area contributed by atoms with Crippen LogP contribution in [0, 0.1) is 0 Å². The van der Waals surface area contributed by atoms with Crippen molar-refractivity contribution in [2.45, 2.75) is 25.1 Å². The van der Waals surface area contributed by atoms with Gasteiger partial charge in [0.1, 0.15) is 0 Å². The van der Waals surface area contributed by atoms with Gasteiger partial charge in [-0.3, -0.25) is 4.90 Å². The van der Waals surface area contributed by atoms with E-state index in [1.807, 2.05) is 13.0 Å². The quantitative estimate of drug-likeness (QED) is 0.873. The van der Waals surface area contributed by atoms with Crippen molar-refractivity contribution >= 4 is 17.6 Å². The Labute approximate surface area is 128 Å². The number of nitrogens with zero attached hydrogens (tertiary/aromatic N) is 1. The van der Waals surface area contributed by atoms with Gasteiger partial charge in [0.2, 0.25) is 0 Å². The highest BCUT2D eigenvalue weighted by Gasteiger charge is 2.49. The van der Waals surface area contributed by atoms with E-state index in [4.69, 9.17) is 21.1 Å². The molecule has 1 aromatic rings. The zero-order chi connectivity index (χ0) is 15.2. The fourth-order valence-electron chi connectivity index (χ4n) is 3.00. The van der Waals surface area contributed by atoms with E-state index in [2.05, 4.69) is 11.9 Å². The number of ether oxygens (including phenoxy) is 2. The molecule has 1 aromatic carbocycles. The van der Waals surface area contributed by atoms with E-state index in [9.17, 15) is 4.79 Å². The highest BCUT2D eigenvalue weighted by molar-refractivity contribution is 6.30. The van der Waals surface area contributed by atoms with E-state index in [1.165, 1.54) is 0 Å². The van der Waals surface area contributed by atoms with Gasteiger partial charge in [-0.1, -0.05) is 17.7 Å². The minimum atomic E-state index is -0.727. The minimum absolute atomic E-state index is 0.139. The van der Waals surface area contributed by atoms with E-state index >= 15 is 0 Å². The van der Waals surface area contributed by atoms with Gasteiger partial charge < -0.3 is 14.8 Å². The third-order valence-corrected chi connectivity index (χ3v) is 4.19. The number of hydrogen-bond donors (Lipinski definition) is 1. The summed E-state index contributed by atoms with van der Waals surface area (Å²) in [6, 6.07) is 3.22. The molecule has 2 atom stereocenters. The number of nitrogens with one attached hydrogen (secondary N) is 1. The largest absolute Gasteiger partial charge is 0.493 e. The number of amides is 2. The molecule has 5 nitrogen and oxygen atoms in total. The van der Waals surface area contributed by atoms with Gasteiger partial charge in [-0.05, 0) is 13.0 Å². The molecular formula is C15H17ClN2O3. The van der Waals surface area contributed by atoms with Crippen LogP contribution in [0.1, 0.15) is 24.9 Å². The molecular weight excluding hydrogens is 292 g/mol. The zero-order valence-corrected chi connectivity index (χ0v) is 12.7. The molecule has 0 radical (unpaired) electrons. The average molecular weight is 309 g/mol. The molecule has 1 N–H and O–H groups in total. The first-order valence-corrected chi connectivity index (χ1v) is 7.12. The molecule has 2 aliphatic rings. The predicted octanol–water partition coefficient (Wildman–Crippen LogP) is 3.10. The third kappa shape index (κ3) is 2.12. The molecule has 3 rings (SSSR count). The normalized spacial score (nSPS) is 26.5. The second kappa shape index (κ2) is 4.84. The molecule has 1 saturated heterocycles. The van der Waals surface area contributed by atoms with Gasteiger partial charge >= 0.3 is 6.03 Å². The number of methoxy groups -OCH3 is 1. The van der Waals surface area contributed by atoms with Crippen molar-refractivity contribution in [2.75, 3.05) is 13.7 Å². The minimum Gasteiger partial charge on any atom is -0.493 e. The molecule has 2 unspecified atom stereocenters. The van der Waals surface area contributed by atoms with Crippen molar-refractivity contribution < 1.29 is 14.3 Å². The molecule has 2 heterocycles. The van der Waals surface area contributed by atoms with Crippen LogP contribution >= 0.6 is 11.6 Å². The van der Waals surface area contributed by atoms with Crippen LogP contribution < -0.4 is 14.8 Å². The van der Waals surface area contributed by atoms with Crippen LogP contribution in [0.5, 0.6) is 11.5 Å². The fourth-order valence-corrected chi connectivity index (χ4v) is 3.22. The van der Waals surface area contributed by atoms with Gasteiger partial charge in [-0.25, -0.2) is 4.79 Å². The lowest BCUT2D eigenvalue weighted by atomic mass is 9.90. The smallest absolute Gasteiger partial charge is 0.321 e. The summed E-state index contributed by atoms with van der Waals surface area (Å²) in [5.41, 5.74) is 0.124. The highest BCUT2D eigenvalue weighted by atomic mass is 35.5. The molecule has 0 spiro atoms. The first-order chi connectivity index (χ1) is 9.98. The number of benzene rings is 1. The van der Waals surface area contributed by atoms with Crippen molar-refractivity contribution in [1.82, 2.24) is 10.2 Å². The van der Waals surface area contributed by atoms with Gasteiger partial charge in [0.25, 0.3) is 0 Å². The van der Waals surface area contributed by atoms with E-state index in [0.29, 0.717) is 29.5 Å². The lowest BCUT2D eigenvalue weighted by Gasteiger charge is -2.50. The van der Waals surface area contributed by atoms with Crippen molar-refractivity contribution in [3.05, 3.63) is 35.4 Å². The van der Waals surface area contributed by atoms with Crippen LogP contribution in [-0.4, -0.2) is 30.3 Å². The second-order valence-corrected chi connectivity index (χ2v) is 5.85. The standard InChI is InChI=1S/C15H17ClN2O3/c1-4-5-18-14(19)17-11-8-15(18,2)21-13-10(11)6-9(16)7-12(13)20-3/h4,6-7,11H,1,5,8H2,2-3H3,(H,17,19). The summed E-state index contributed by atoms with van der Waals surface area (Å²) >= 11 is 6.11. The maximum absolute atomic E-state index is 12.3. The Balaban J connectivity index is 2.11. The number of rotatable bonds is 3. The number of urea groups is 1. The van der Waals surface area contributed by atoms with Gasteiger partial charge in [0.05, 0.1) is 13.2 Å². The maximum Gasteiger partial charge on any atom is 0.321 e. The molecule has 21 heavy (non-hydrogen) atoms. The summed E-state index contributed by atoms with van der Waals surface area (Å²) in [6.45, 7) is 6.02. The molecule has 2 amide bonds. The van der Waals surface area contributed by atoms with Crippen molar-refractivity contribution in [3.8, 4) is 11.5 Å². The van der Waals surface area contributed by atoms with Crippen molar-refractivity contribution in [1.29, 1.82) is 0 Å². The van der Waals surface area contributed by atoms with Gasteiger partial charge in [0, 0.05) is 29.6 Å². The summed E-state index contributed by atoms with van der Waals surface area (Å²) in [5.74, 6) is 1.21. The number of carbonyl (C=O) groups is 1. The highest BCUT2D eigenvalue weighted by Crippen LogP contribution is 2.49. The second-order valence-electron chi connectivity index (χ2n) is 5.41. The van der Waals surface area contributed by atoms with Crippen LogP contribution in [0.25, 0.3) is 0 Å². The Morgan fingerprint density at radius 3 is 3.10 bits per heavy atom. The Morgan fingerprint density at radius 2 is 2.43 bits per heavy atom. The number of fused-ring (bicyclic) bond motifs is 4. The fraction of sp³-hybridized carbons (Fsp3) is 0.400. The van der Waals surface area contributed by atoms with Gasteiger partial charge in [-0.15, -0.1) is 6.58 Å². The summed E-state index contributed by atoms with van der Waals surface area (Å²) in [7, 11) is 1.57. The maximum atomic E-state index is 12.3. The molecule has 0 aromatic heterocycles. The average Bonchev–Trinajstić information content (AvgIpc) is 2.43. The zero-order valence-electron chi connectivity index (χ0n) is 12.0. The van der Waals surface area contributed by atoms with Crippen LogP contribution in [0.15, 0.2) is 24.8 Å². The van der Waals surface area contributed by atoms with Gasteiger partial charge in [-0.2, -0.15) is 0 Å². The van der Waals surface area contributed by atoms with E-state index in [1.54, 1.807) is 24.2 Å². The number of hydrogen-bond acceptors (Lipinski definition) is 3. The SMILES string of the molecule is C=CCN1C(=O)NC2CC1(C)Oc1c(OC)cc(Cl)cc12. The summed E-state index contributed by atoms with van der Waals surface area (Å²) in [4.78, 5) is 13.9. The van der Waals surface area contributed by atoms with Crippen molar-refractivity contribution in [3.63, 3.8) is 0 Å². The van der Waals surface area contributed by atoms with Gasteiger partial charge in [0.15, 0.2) is 17.2 Å². The first kappa shape index (κ1) is 14.1. The Kier molecular flexibility index (Phi) is 3.24. The van der Waals surface area contributed by atoms with E-state index < -0.39 is 5.72 Å². The molecule has 6 heteroatoms. The molecule has 0 saturated carbocycles. The Bertz CT molecular complexity index is 619. The predicted molar refractivity (Wildman–Crippen MR) is 79.8 cm³/mol. The number of halogens is 1. The summed E-state index contributed by atoms with van der Waals surface area (Å²) in [6.07, 6.45) is 2.33. The van der Waals surface area contributed by atoms with Crippen LogP contribution in [0.2, 0.25) is 5.02 Å². The molecule has 1 fully saturated rings. The Morgan fingerprint density at radius 1 is 1.67 bits per heavy atom. The molecule has 2 bridgehead atoms. The van der Waals surface area contributed by atoms with Crippen molar-refractivity contribution in [2.24, 2.45) is 0 Å². The number of carbonyl (C=O) groups excluding carboxylic acids is 1. The monoisotopic (exact) mass is 308 g/mol.